The number of hydrogen-bond acceptors (Lipinski definition) is 4. The average molecular weight is 434 g/mol. The molecule has 2 heterocycles. The first-order valence-electron chi connectivity index (χ1n) is 11.6. The van der Waals surface area contributed by atoms with Gasteiger partial charge < -0.3 is 19.4 Å². The fourth-order valence-corrected chi connectivity index (χ4v) is 5.36. The Kier molecular flexibility index (Phi) is 5.53. The van der Waals surface area contributed by atoms with Crippen molar-refractivity contribution in [3.8, 4) is 5.75 Å². The molecule has 0 bridgehead atoms. The number of ether oxygens (including phenoxy) is 1. The van der Waals surface area contributed by atoms with Crippen molar-refractivity contribution in [2.75, 3.05) is 51.3 Å². The molecular formula is C26H31N3O3. The van der Waals surface area contributed by atoms with E-state index in [9.17, 15) is 9.59 Å². The molecule has 0 aromatic heterocycles. The summed E-state index contributed by atoms with van der Waals surface area (Å²) in [7, 11) is 1.62. The number of nitrogens with zero attached hydrogens (tertiary/aromatic N) is 3. The minimum atomic E-state index is 0.0723. The van der Waals surface area contributed by atoms with E-state index in [1.54, 1.807) is 7.11 Å². The maximum absolute atomic E-state index is 13.2. The van der Waals surface area contributed by atoms with Crippen molar-refractivity contribution < 1.29 is 14.3 Å². The lowest BCUT2D eigenvalue weighted by Gasteiger charge is -2.37. The topological polar surface area (TPSA) is 53.1 Å². The van der Waals surface area contributed by atoms with Gasteiger partial charge in [0.25, 0.3) is 5.91 Å². The van der Waals surface area contributed by atoms with Gasteiger partial charge in [-0.3, -0.25) is 9.59 Å². The Morgan fingerprint density at radius 3 is 2.12 bits per heavy atom. The van der Waals surface area contributed by atoms with E-state index in [2.05, 4.69) is 34.1 Å². The predicted molar refractivity (Wildman–Crippen MR) is 124 cm³/mol. The van der Waals surface area contributed by atoms with Crippen LogP contribution in [-0.2, 0) is 4.79 Å². The summed E-state index contributed by atoms with van der Waals surface area (Å²) in [5, 5.41) is 0. The van der Waals surface area contributed by atoms with E-state index < -0.39 is 0 Å². The first kappa shape index (κ1) is 20.9. The third-order valence-electron chi connectivity index (χ3n) is 7.58. The van der Waals surface area contributed by atoms with Crippen LogP contribution in [-0.4, -0.2) is 68.0 Å². The Bertz CT molecular complexity index is 960. The standard InChI is InChI=1S/C26H31N3O3/c1-32-22-9-7-20(8-10-22)24(30)28-13-11-26(12-14-28)19-23(26)25(31)29-17-15-27(16-18-29)21-5-3-2-4-6-21/h2-10,23H,11-19H2,1H3/t23-/m0/s1. The lowest BCUT2D eigenvalue weighted by molar-refractivity contribution is -0.134. The zero-order chi connectivity index (χ0) is 22.1. The molecule has 0 radical (unpaired) electrons. The molecule has 6 heteroatoms. The first-order valence-corrected chi connectivity index (χ1v) is 11.6. The van der Waals surface area contributed by atoms with Gasteiger partial charge in [-0.1, -0.05) is 18.2 Å². The van der Waals surface area contributed by atoms with E-state index in [1.165, 1.54) is 5.69 Å². The molecule has 3 fully saturated rings. The van der Waals surface area contributed by atoms with Crippen LogP contribution in [0, 0.1) is 11.3 Å². The number of carbonyl (C=O) groups excluding carboxylic acids is 2. The first-order chi connectivity index (χ1) is 15.6. The Hall–Kier alpha value is -3.02. The molecule has 1 aliphatic carbocycles. The molecule has 2 amide bonds. The second-order valence-electron chi connectivity index (χ2n) is 9.29. The summed E-state index contributed by atoms with van der Waals surface area (Å²) in [5.74, 6) is 1.29. The minimum absolute atomic E-state index is 0.0723. The van der Waals surface area contributed by atoms with Gasteiger partial charge in [-0.05, 0) is 61.1 Å². The fraction of sp³-hybridized carbons (Fsp3) is 0.462. The molecule has 6 nitrogen and oxygen atoms in total. The van der Waals surface area contributed by atoms with Crippen molar-refractivity contribution in [3.63, 3.8) is 0 Å². The van der Waals surface area contributed by atoms with Crippen LogP contribution in [0.4, 0.5) is 5.69 Å². The highest BCUT2D eigenvalue weighted by Gasteiger charge is 2.59. The van der Waals surface area contributed by atoms with Gasteiger partial charge in [-0.2, -0.15) is 0 Å². The van der Waals surface area contributed by atoms with Gasteiger partial charge in [0.05, 0.1) is 7.11 Å². The Morgan fingerprint density at radius 1 is 0.844 bits per heavy atom. The number of likely N-dealkylation sites (tertiary alicyclic amines) is 1. The third kappa shape index (κ3) is 3.94. The molecule has 2 aromatic rings. The van der Waals surface area contributed by atoms with Crippen LogP contribution in [0.5, 0.6) is 5.75 Å². The van der Waals surface area contributed by atoms with E-state index >= 15 is 0 Å². The normalized spacial score (nSPS) is 22.0. The van der Waals surface area contributed by atoms with Crippen molar-refractivity contribution in [1.29, 1.82) is 0 Å². The van der Waals surface area contributed by atoms with E-state index in [0.29, 0.717) is 11.5 Å². The summed E-state index contributed by atoms with van der Waals surface area (Å²) in [4.78, 5) is 32.4. The number of hydrogen-bond donors (Lipinski definition) is 0. The van der Waals surface area contributed by atoms with Crippen LogP contribution < -0.4 is 9.64 Å². The van der Waals surface area contributed by atoms with Crippen molar-refractivity contribution in [3.05, 3.63) is 60.2 Å². The number of carbonyl (C=O) groups is 2. The molecule has 0 N–H and O–H groups in total. The van der Waals surface area contributed by atoms with Gasteiger partial charge in [0, 0.05) is 56.4 Å². The number of piperidine rings is 1. The van der Waals surface area contributed by atoms with E-state index in [0.717, 1.165) is 64.3 Å². The summed E-state index contributed by atoms with van der Waals surface area (Å²) in [6, 6.07) is 17.7. The van der Waals surface area contributed by atoms with E-state index in [1.807, 2.05) is 35.2 Å². The summed E-state index contributed by atoms with van der Waals surface area (Å²) in [6.45, 7) is 4.83. The van der Waals surface area contributed by atoms with Crippen LogP contribution in [0.15, 0.2) is 54.6 Å². The number of methoxy groups -OCH3 is 1. The molecule has 0 unspecified atom stereocenters. The summed E-state index contributed by atoms with van der Waals surface area (Å²) in [6.07, 6.45) is 2.83. The van der Waals surface area contributed by atoms with Crippen molar-refractivity contribution in [2.24, 2.45) is 11.3 Å². The average Bonchev–Trinajstić information content (AvgIpc) is 3.57. The van der Waals surface area contributed by atoms with Crippen LogP contribution in [0.2, 0.25) is 0 Å². The maximum atomic E-state index is 13.2. The second-order valence-corrected chi connectivity index (χ2v) is 9.29. The molecule has 3 aliphatic rings. The van der Waals surface area contributed by atoms with E-state index in [4.69, 9.17) is 4.74 Å². The Morgan fingerprint density at radius 2 is 1.50 bits per heavy atom. The van der Waals surface area contributed by atoms with Crippen molar-refractivity contribution in [1.82, 2.24) is 9.80 Å². The lowest BCUT2D eigenvalue weighted by Crippen LogP contribution is -2.50. The summed E-state index contributed by atoms with van der Waals surface area (Å²) in [5.41, 5.74) is 2.04. The number of rotatable bonds is 4. The highest BCUT2D eigenvalue weighted by atomic mass is 16.5. The molecule has 2 saturated heterocycles. The third-order valence-corrected chi connectivity index (χ3v) is 7.58. The fourth-order valence-electron chi connectivity index (χ4n) is 5.36. The van der Waals surface area contributed by atoms with Gasteiger partial charge >= 0.3 is 0 Å². The molecule has 5 rings (SSSR count). The van der Waals surface area contributed by atoms with Gasteiger partial charge in [0.2, 0.25) is 5.91 Å². The van der Waals surface area contributed by atoms with Gasteiger partial charge in [0.15, 0.2) is 0 Å². The van der Waals surface area contributed by atoms with Gasteiger partial charge in [-0.15, -0.1) is 0 Å². The molecule has 1 saturated carbocycles. The predicted octanol–water partition coefficient (Wildman–Crippen LogP) is 3.29. The number of anilines is 1. The van der Waals surface area contributed by atoms with Gasteiger partial charge in [-0.25, -0.2) is 0 Å². The molecule has 1 atom stereocenters. The zero-order valence-corrected chi connectivity index (χ0v) is 18.7. The molecule has 168 valence electrons. The minimum Gasteiger partial charge on any atom is -0.497 e. The smallest absolute Gasteiger partial charge is 0.253 e. The monoisotopic (exact) mass is 433 g/mol. The zero-order valence-electron chi connectivity index (χ0n) is 18.7. The van der Waals surface area contributed by atoms with Crippen molar-refractivity contribution >= 4 is 17.5 Å². The van der Waals surface area contributed by atoms with Crippen LogP contribution in [0.1, 0.15) is 29.6 Å². The molecule has 2 aliphatic heterocycles. The van der Waals surface area contributed by atoms with Crippen LogP contribution in [0.25, 0.3) is 0 Å². The maximum Gasteiger partial charge on any atom is 0.253 e. The molecular weight excluding hydrogens is 402 g/mol. The quantitative estimate of drug-likeness (QED) is 0.743. The summed E-state index contributed by atoms with van der Waals surface area (Å²) >= 11 is 0. The largest absolute Gasteiger partial charge is 0.497 e. The molecule has 32 heavy (non-hydrogen) atoms. The summed E-state index contributed by atoms with van der Waals surface area (Å²) < 4.78 is 5.18. The number of piperazine rings is 1. The molecule has 2 aromatic carbocycles. The van der Waals surface area contributed by atoms with E-state index in [-0.39, 0.29) is 17.2 Å². The Balaban J connectivity index is 1.12. The number of amides is 2. The Labute approximate surface area is 189 Å². The van der Waals surface area contributed by atoms with Crippen molar-refractivity contribution in [2.45, 2.75) is 19.3 Å². The SMILES string of the molecule is COc1ccc(C(=O)N2CCC3(CC2)C[C@H]3C(=O)N2CCN(c3ccccc3)CC2)cc1. The highest BCUT2D eigenvalue weighted by Crippen LogP contribution is 2.60. The lowest BCUT2D eigenvalue weighted by atomic mass is 9.90. The van der Waals surface area contributed by atoms with Crippen LogP contribution in [0.3, 0.4) is 0 Å². The van der Waals surface area contributed by atoms with Crippen LogP contribution >= 0.6 is 0 Å². The number of para-hydroxylation sites is 1. The van der Waals surface area contributed by atoms with Gasteiger partial charge in [0.1, 0.15) is 5.75 Å². The second kappa shape index (κ2) is 8.49. The highest BCUT2D eigenvalue weighted by molar-refractivity contribution is 5.94. The molecule has 1 spiro atoms. The number of benzene rings is 2.